The third kappa shape index (κ3) is 2.38. The van der Waals surface area contributed by atoms with E-state index in [2.05, 4.69) is 10.3 Å². The van der Waals surface area contributed by atoms with Crippen molar-refractivity contribution in [1.29, 1.82) is 0 Å². The highest BCUT2D eigenvalue weighted by Crippen LogP contribution is 2.34. The minimum atomic E-state index is -0.409. The molecule has 14 heavy (non-hydrogen) atoms. The number of halogens is 1. The molecule has 0 aromatic carbocycles. The second-order valence-electron chi connectivity index (χ2n) is 3.72. The van der Waals surface area contributed by atoms with E-state index in [0.29, 0.717) is 4.34 Å². The molecule has 2 N–H and O–H groups in total. The third-order valence-corrected chi connectivity index (χ3v) is 3.70. The lowest BCUT2D eigenvalue weighted by atomic mass is 9.78. The van der Waals surface area contributed by atoms with Gasteiger partial charge in [-0.15, -0.1) is 0 Å². The van der Waals surface area contributed by atoms with Crippen molar-refractivity contribution in [3.63, 3.8) is 0 Å². The fourth-order valence-corrected chi connectivity index (χ4v) is 2.41. The highest BCUT2D eigenvalue weighted by molar-refractivity contribution is 7.19. The van der Waals surface area contributed by atoms with Gasteiger partial charge in [0.2, 0.25) is 0 Å². The Hall–Kier alpha value is -0.320. The van der Waals surface area contributed by atoms with Gasteiger partial charge in [0.15, 0.2) is 5.13 Å². The van der Waals surface area contributed by atoms with Crippen LogP contribution in [0.4, 0.5) is 5.13 Å². The van der Waals surface area contributed by atoms with Gasteiger partial charge in [0.25, 0.3) is 0 Å². The molecule has 0 aliphatic heterocycles. The molecule has 0 unspecified atom stereocenters. The summed E-state index contributed by atoms with van der Waals surface area (Å²) in [6, 6.07) is 0. The largest absolute Gasteiger partial charge is 0.390 e. The molecule has 1 aliphatic carbocycles. The van der Waals surface area contributed by atoms with Crippen LogP contribution in [0.5, 0.6) is 0 Å². The molecule has 3 nitrogen and oxygen atoms in total. The summed E-state index contributed by atoms with van der Waals surface area (Å²) in [7, 11) is 0. The maximum Gasteiger partial charge on any atom is 0.184 e. The van der Waals surface area contributed by atoms with Crippen LogP contribution in [-0.2, 0) is 0 Å². The Morgan fingerprint density at radius 2 is 2.43 bits per heavy atom. The van der Waals surface area contributed by atoms with Gasteiger partial charge in [-0.05, 0) is 25.7 Å². The predicted octanol–water partition coefficient (Wildman–Crippen LogP) is 2.51. The number of hydrogen-bond acceptors (Lipinski definition) is 4. The Labute approximate surface area is 92.1 Å². The molecule has 1 aromatic rings. The molecule has 78 valence electrons. The van der Waals surface area contributed by atoms with Crippen molar-refractivity contribution in [2.75, 3.05) is 11.9 Å². The fraction of sp³-hybridized carbons (Fsp3) is 0.667. The number of thiazole rings is 1. The summed E-state index contributed by atoms with van der Waals surface area (Å²) >= 11 is 7.16. The average Bonchev–Trinajstić information content (AvgIpc) is 2.49. The first kappa shape index (κ1) is 10.2. The second-order valence-corrected chi connectivity index (χ2v) is 5.39. The lowest BCUT2D eigenvalue weighted by molar-refractivity contribution is -0.0370. The normalized spacial score (nSPS) is 19.0. The maximum absolute atomic E-state index is 9.81. The quantitative estimate of drug-likeness (QED) is 0.839. The Morgan fingerprint density at radius 3 is 2.93 bits per heavy atom. The zero-order valence-corrected chi connectivity index (χ0v) is 9.37. The molecular formula is C9H13ClN2OS. The van der Waals surface area contributed by atoms with E-state index in [-0.39, 0.29) is 0 Å². The molecule has 1 heterocycles. The zero-order valence-electron chi connectivity index (χ0n) is 7.79. The van der Waals surface area contributed by atoms with Gasteiger partial charge < -0.3 is 10.4 Å². The predicted molar refractivity (Wildman–Crippen MR) is 59.0 cm³/mol. The van der Waals surface area contributed by atoms with Crippen molar-refractivity contribution in [2.24, 2.45) is 0 Å². The van der Waals surface area contributed by atoms with Crippen molar-refractivity contribution in [3.8, 4) is 0 Å². The number of anilines is 1. The summed E-state index contributed by atoms with van der Waals surface area (Å²) < 4.78 is 0.690. The van der Waals surface area contributed by atoms with Gasteiger partial charge in [0, 0.05) is 6.54 Å². The first-order valence-electron chi connectivity index (χ1n) is 4.76. The summed E-state index contributed by atoms with van der Waals surface area (Å²) in [6.45, 7) is 0.764. The van der Waals surface area contributed by atoms with Crippen LogP contribution in [0.1, 0.15) is 25.7 Å². The molecule has 1 fully saturated rings. The van der Waals surface area contributed by atoms with Gasteiger partial charge >= 0.3 is 0 Å². The number of hydrogen-bond donors (Lipinski definition) is 2. The van der Waals surface area contributed by atoms with Crippen LogP contribution in [0.2, 0.25) is 4.34 Å². The summed E-state index contributed by atoms with van der Waals surface area (Å²) in [6.07, 6.45) is 5.46. The molecule has 0 bridgehead atoms. The van der Waals surface area contributed by atoms with Gasteiger partial charge in [-0.25, -0.2) is 4.98 Å². The first-order chi connectivity index (χ1) is 6.68. The molecule has 1 aromatic heterocycles. The Kier molecular flexibility index (Phi) is 2.95. The lowest BCUT2D eigenvalue weighted by Gasteiger charge is -2.36. The maximum atomic E-state index is 9.81. The average molecular weight is 233 g/mol. The molecular weight excluding hydrogens is 220 g/mol. The van der Waals surface area contributed by atoms with E-state index in [1.807, 2.05) is 0 Å². The highest BCUT2D eigenvalue weighted by Gasteiger charge is 2.33. The molecule has 0 radical (unpaired) electrons. The van der Waals surface area contributed by atoms with Crippen molar-refractivity contribution >= 4 is 28.1 Å². The van der Waals surface area contributed by atoms with Crippen molar-refractivity contribution in [2.45, 2.75) is 31.3 Å². The topological polar surface area (TPSA) is 45.1 Å². The summed E-state index contributed by atoms with van der Waals surface area (Å²) in [5.74, 6) is 0. The number of rotatable bonds is 4. The van der Waals surface area contributed by atoms with Crippen LogP contribution in [0, 0.1) is 0 Å². The SMILES string of the molecule is OC1(CCNc2ncc(Cl)s2)CCC1. The van der Waals surface area contributed by atoms with Gasteiger partial charge in [-0.1, -0.05) is 22.9 Å². The Balaban J connectivity index is 1.72. The van der Waals surface area contributed by atoms with Crippen molar-refractivity contribution < 1.29 is 5.11 Å². The van der Waals surface area contributed by atoms with E-state index in [4.69, 9.17) is 11.6 Å². The Morgan fingerprint density at radius 1 is 1.64 bits per heavy atom. The lowest BCUT2D eigenvalue weighted by Crippen LogP contribution is -2.38. The van der Waals surface area contributed by atoms with Gasteiger partial charge in [0.1, 0.15) is 4.34 Å². The first-order valence-corrected chi connectivity index (χ1v) is 5.95. The van der Waals surface area contributed by atoms with Crippen LogP contribution in [0.15, 0.2) is 6.20 Å². The standard InChI is InChI=1S/C9H13ClN2OS/c10-7-6-12-8(14-7)11-5-4-9(13)2-1-3-9/h6,13H,1-5H2,(H,11,12). The molecule has 0 amide bonds. The molecule has 1 saturated carbocycles. The van der Waals surface area contributed by atoms with Crippen molar-refractivity contribution in [3.05, 3.63) is 10.5 Å². The van der Waals surface area contributed by atoms with E-state index >= 15 is 0 Å². The molecule has 0 saturated heterocycles. The zero-order chi connectivity index (χ0) is 10.0. The van der Waals surface area contributed by atoms with E-state index in [0.717, 1.165) is 37.4 Å². The van der Waals surface area contributed by atoms with Gasteiger partial charge in [-0.3, -0.25) is 0 Å². The molecule has 0 atom stereocenters. The van der Waals surface area contributed by atoms with Crippen LogP contribution in [-0.4, -0.2) is 22.2 Å². The van der Waals surface area contributed by atoms with E-state index in [9.17, 15) is 5.11 Å². The smallest absolute Gasteiger partial charge is 0.184 e. The third-order valence-electron chi connectivity index (χ3n) is 2.63. The number of aromatic nitrogens is 1. The molecule has 0 spiro atoms. The van der Waals surface area contributed by atoms with Crippen LogP contribution in [0.3, 0.4) is 0 Å². The minimum absolute atomic E-state index is 0.409. The van der Waals surface area contributed by atoms with Crippen LogP contribution < -0.4 is 5.32 Å². The van der Waals surface area contributed by atoms with Gasteiger partial charge in [0.05, 0.1) is 11.8 Å². The van der Waals surface area contributed by atoms with Crippen LogP contribution >= 0.6 is 22.9 Å². The minimum Gasteiger partial charge on any atom is -0.390 e. The Bertz CT molecular complexity index is 312. The highest BCUT2D eigenvalue weighted by atomic mass is 35.5. The number of nitrogens with zero attached hydrogens (tertiary/aromatic N) is 1. The van der Waals surface area contributed by atoms with E-state index < -0.39 is 5.60 Å². The molecule has 5 heteroatoms. The summed E-state index contributed by atoms with van der Waals surface area (Å²) in [4.78, 5) is 4.07. The monoisotopic (exact) mass is 232 g/mol. The van der Waals surface area contributed by atoms with E-state index in [1.165, 1.54) is 11.3 Å². The number of nitrogens with one attached hydrogen (secondary N) is 1. The van der Waals surface area contributed by atoms with E-state index in [1.54, 1.807) is 6.20 Å². The summed E-state index contributed by atoms with van der Waals surface area (Å²) in [5.41, 5.74) is -0.409. The second kappa shape index (κ2) is 4.04. The van der Waals surface area contributed by atoms with Gasteiger partial charge in [-0.2, -0.15) is 0 Å². The van der Waals surface area contributed by atoms with Crippen LogP contribution in [0.25, 0.3) is 0 Å². The molecule has 1 aliphatic rings. The fourth-order valence-electron chi connectivity index (χ4n) is 1.57. The number of aliphatic hydroxyl groups is 1. The van der Waals surface area contributed by atoms with Crippen molar-refractivity contribution in [1.82, 2.24) is 4.98 Å². The molecule has 2 rings (SSSR count). The summed E-state index contributed by atoms with van der Waals surface area (Å²) in [5, 5.41) is 13.8.